The first-order valence-electron chi connectivity index (χ1n) is 3.20. The molecule has 0 atom stereocenters. The van der Waals surface area contributed by atoms with Gasteiger partial charge in [0.25, 0.3) is 0 Å². The summed E-state index contributed by atoms with van der Waals surface area (Å²) in [6.07, 6.45) is 0.588. The third-order valence-electron chi connectivity index (χ3n) is 1.19. The zero-order chi connectivity index (χ0) is 8.91. The second-order valence-electron chi connectivity index (χ2n) is 2.48. The van der Waals surface area contributed by atoms with E-state index in [4.69, 9.17) is 4.74 Å². The van der Waals surface area contributed by atoms with E-state index in [1.807, 2.05) is 0 Å². The summed E-state index contributed by atoms with van der Waals surface area (Å²) in [6, 6.07) is 0. The molecule has 0 aromatic heterocycles. The minimum Gasteiger partial charge on any atom is -0.467 e. The highest BCUT2D eigenvalue weighted by molar-refractivity contribution is 5.78. The van der Waals surface area contributed by atoms with Crippen LogP contribution in [0.1, 0.15) is 13.8 Å². The number of methoxy groups -OCH3 is 1. The third-order valence-corrected chi connectivity index (χ3v) is 1.19. The van der Waals surface area contributed by atoms with Crippen LogP contribution in [0, 0.1) is 0 Å². The van der Waals surface area contributed by atoms with Crippen LogP contribution in [-0.4, -0.2) is 31.6 Å². The molecule has 11 heavy (non-hydrogen) atoms. The van der Waals surface area contributed by atoms with Gasteiger partial charge in [-0.15, -0.1) is 0 Å². The number of ether oxygens (including phenoxy) is 2. The van der Waals surface area contributed by atoms with Gasteiger partial charge in [-0.05, 0) is 13.8 Å². The van der Waals surface area contributed by atoms with Crippen LogP contribution in [0.3, 0.4) is 0 Å². The molecule has 0 saturated heterocycles. The van der Waals surface area contributed by atoms with Crippen molar-refractivity contribution in [2.75, 3.05) is 13.7 Å². The summed E-state index contributed by atoms with van der Waals surface area (Å²) < 4.78 is 9.32. The molecule has 0 N–H and O–H groups in total. The maximum atomic E-state index is 10.9. The van der Waals surface area contributed by atoms with Gasteiger partial charge in [0, 0.05) is 0 Å². The molecule has 0 heterocycles. The lowest BCUT2D eigenvalue weighted by Gasteiger charge is -2.20. The normalized spacial score (nSPS) is 10.8. The van der Waals surface area contributed by atoms with Crippen molar-refractivity contribution in [1.82, 2.24) is 0 Å². The molecular formula is C7H12O4. The smallest absolute Gasteiger partial charge is 0.337 e. The van der Waals surface area contributed by atoms with E-state index in [2.05, 4.69) is 4.74 Å². The lowest BCUT2D eigenvalue weighted by atomic mass is 10.1. The van der Waals surface area contributed by atoms with Gasteiger partial charge in [0.2, 0.25) is 0 Å². The van der Waals surface area contributed by atoms with Gasteiger partial charge in [0.05, 0.1) is 7.11 Å². The minimum atomic E-state index is -1.03. The van der Waals surface area contributed by atoms with Gasteiger partial charge in [0.1, 0.15) is 12.9 Å². The van der Waals surface area contributed by atoms with Crippen molar-refractivity contribution in [1.29, 1.82) is 0 Å². The summed E-state index contributed by atoms with van der Waals surface area (Å²) in [7, 11) is 1.27. The lowest BCUT2D eigenvalue weighted by Crippen LogP contribution is -2.36. The first-order valence-corrected chi connectivity index (χ1v) is 3.20. The van der Waals surface area contributed by atoms with E-state index < -0.39 is 11.6 Å². The molecule has 4 nitrogen and oxygen atoms in total. The first-order chi connectivity index (χ1) is 5.04. The molecule has 0 rings (SSSR count). The number of carbonyl (C=O) groups is 2. The summed E-state index contributed by atoms with van der Waals surface area (Å²) >= 11 is 0. The van der Waals surface area contributed by atoms with Crippen molar-refractivity contribution in [2.45, 2.75) is 19.4 Å². The fraction of sp³-hybridized carbons (Fsp3) is 0.714. The Kier molecular flexibility index (Phi) is 3.74. The molecule has 0 aliphatic carbocycles. The van der Waals surface area contributed by atoms with Crippen LogP contribution in [0.15, 0.2) is 0 Å². The maximum absolute atomic E-state index is 10.9. The second kappa shape index (κ2) is 4.08. The number of carbonyl (C=O) groups excluding carboxylic acids is 2. The topological polar surface area (TPSA) is 52.6 Å². The van der Waals surface area contributed by atoms with Crippen molar-refractivity contribution in [3.63, 3.8) is 0 Å². The van der Waals surface area contributed by atoms with Crippen LogP contribution in [0.25, 0.3) is 0 Å². The highest BCUT2D eigenvalue weighted by Gasteiger charge is 2.29. The number of esters is 1. The Hall–Kier alpha value is -0.900. The Balaban J connectivity index is 3.97. The molecule has 64 valence electrons. The summed E-state index contributed by atoms with van der Waals surface area (Å²) in [5.41, 5.74) is -1.03. The van der Waals surface area contributed by atoms with E-state index in [0.717, 1.165) is 0 Å². The molecule has 0 fully saturated rings. The van der Waals surface area contributed by atoms with Crippen molar-refractivity contribution < 1.29 is 19.1 Å². The number of hydrogen-bond donors (Lipinski definition) is 0. The van der Waals surface area contributed by atoms with Gasteiger partial charge in [-0.25, -0.2) is 4.79 Å². The maximum Gasteiger partial charge on any atom is 0.337 e. The standard InChI is InChI=1S/C7H12O4/c1-7(2,6(9)10-3)11-5-4-8/h4H,5H2,1-3H3. The van der Waals surface area contributed by atoms with E-state index in [0.29, 0.717) is 6.29 Å². The van der Waals surface area contributed by atoms with Gasteiger partial charge < -0.3 is 14.3 Å². The highest BCUT2D eigenvalue weighted by atomic mass is 16.6. The average Bonchev–Trinajstić information content (AvgIpc) is 1.99. The van der Waals surface area contributed by atoms with Gasteiger partial charge in [-0.2, -0.15) is 0 Å². The minimum absolute atomic E-state index is 0.0951. The summed E-state index contributed by atoms with van der Waals surface area (Å²) in [5.74, 6) is -0.487. The Bertz CT molecular complexity index is 151. The van der Waals surface area contributed by atoms with E-state index in [-0.39, 0.29) is 6.61 Å². The molecule has 0 aliphatic rings. The first kappa shape index (κ1) is 10.1. The molecule has 0 bridgehead atoms. The third kappa shape index (κ3) is 3.13. The predicted octanol–water partition coefficient (Wildman–Crippen LogP) is 0.153. The molecule has 0 aromatic rings. The predicted molar refractivity (Wildman–Crippen MR) is 38.1 cm³/mol. The van der Waals surface area contributed by atoms with Crippen LogP contribution >= 0.6 is 0 Å². The van der Waals surface area contributed by atoms with E-state index >= 15 is 0 Å². The molecule has 0 spiro atoms. The fourth-order valence-corrected chi connectivity index (χ4v) is 0.547. The van der Waals surface area contributed by atoms with Gasteiger partial charge >= 0.3 is 5.97 Å². The Labute approximate surface area is 65.5 Å². The summed E-state index contributed by atoms with van der Waals surface area (Å²) in [6.45, 7) is 2.99. The van der Waals surface area contributed by atoms with E-state index in [9.17, 15) is 9.59 Å². The zero-order valence-electron chi connectivity index (χ0n) is 6.92. The van der Waals surface area contributed by atoms with Crippen LogP contribution < -0.4 is 0 Å². The summed E-state index contributed by atoms with van der Waals surface area (Å²) in [5, 5.41) is 0. The van der Waals surface area contributed by atoms with Crippen LogP contribution in [0.5, 0.6) is 0 Å². The van der Waals surface area contributed by atoms with Crippen LogP contribution in [-0.2, 0) is 19.1 Å². The van der Waals surface area contributed by atoms with Gasteiger partial charge in [0.15, 0.2) is 5.60 Å². The number of aldehydes is 1. The SMILES string of the molecule is COC(=O)C(C)(C)OCC=O. The molecule has 0 unspecified atom stereocenters. The number of rotatable bonds is 4. The van der Waals surface area contributed by atoms with Crippen molar-refractivity contribution in [3.05, 3.63) is 0 Å². The van der Waals surface area contributed by atoms with Crippen molar-refractivity contribution >= 4 is 12.3 Å². The molecule has 0 saturated carbocycles. The van der Waals surface area contributed by atoms with E-state index in [1.165, 1.54) is 7.11 Å². The Morgan fingerprint density at radius 2 is 2.09 bits per heavy atom. The lowest BCUT2D eigenvalue weighted by molar-refractivity contribution is -0.165. The van der Waals surface area contributed by atoms with Gasteiger partial charge in [-0.1, -0.05) is 0 Å². The van der Waals surface area contributed by atoms with Gasteiger partial charge in [-0.3, -0.25) is 0 Å². The largest absolute Gasteiger partial charge is 0.467 e. The second-order valence-corrected chi connectivity index (χ2v) is 2.48. The molecule has 4 heteroatoms. The number of hydrogen-bond acceptors (Lipinski definition) is 4. The monoisotopic (exact) mass is 160 g/mol. The molecule has 0 aliphatic heterocycles. The fourth-order valence-electron chi connectivity index (χ4n) is 0.547. The molecule has 0 radical (unpaired) electrons. The highest BCUT2D eigenvalue weighted by Crippen LogP contribution is 2.09. The molecular weight excluding hydrogens is 148 g/mol. The van der Waals surface area contributed by atoms with Crippen molar-refractivity contribution in [2.24, 2.45) is 0 Å². The van der Waals surface area contributed by atoms with Crippen LogP contribution in [0.4, 0.5) is 0 Å². The van der Waals surface area contributed by atoms with E-state index in [1.54, 1.807) is 13.8 Å². The Morgan fingerprint density at radius 3 is 2.45 bits per heavy atom. The average molecular weight is 160 g/mol. The summed E-state index contributed by atoms with van der Waals surface area (Å²) in [4.78, 5) is 20.8. The Morgan fingerprint density at radius 1 is 1.55 bits per heavy atom. The molecule has 0 aromatic carbocycles. The van der Waals surface area contributed by atoms with Crippen molar-refractivity contribution in [3.8, 4) is 0 Å². The quantitative estimate of drug-likeness (QED) is 0.434. The van der Waals surface area contributed by atoms with Crippen LogP contribution in [0.2, 0.25) is 0 Å². The zero-order valence-corrected chi connectivity index (χ0v) is 6.92. The molecule has 0 amide bonds.